The van der Waals surface area contributed by atoms with Gasteiger partial charge in [0.05, 0.1) is 20.2 Å². The van der Waals surface area contributed by atoms with Crippen molar-refractivity contribution in [2.75, 3.05) is 27.7 Å². The Morgan fingerprint density at radius 2 is 2.04 bits per heavy atom. The fraction of sp³-hybridized carbons (Fsp3) is 0.529. The summed E-state index contributed by atoms with van der Waals surface area (Å²) in [5, 5.41) is 6.38. The Morgan fingerprint density at radius 3 is 2.65 bits per heavy atom. The number of aliphatic imine (C=N–C) groups is 1. The number of likely N-dealkylation sites (N-methyl/N-ethyl adjacent to an activating group) is 1. The lowest BCUT2D eigenvalue weighted by Gasteiger charge is -2.18. The number of carbonyl (C=O) groups is 1. The number of nitrogens with zero attached hydrogens (tertiary/aromatic N) is 2. The van der Waals surface area contributed by atoms with Crippen LogP contribution in [0, 0.1) is 0 Å². The number of hydrogen-bond acceptors (Lipinski definition) is 3. The van der Waals surface area contributed by atoms with Crippen LogP contribution in [0.3, 0.4) is 0 Å². The quantitative estimate of drug-likeness (QED) is 0.592. The van der Waals surface area contributed by atoms with Gasteiger partial charge in [-0.05, 0) is 19.4 Å². The van der Waals surface area contributed by atoms with E-state index >= 15 is 0 Å². The van der Waals surface area contributed by atoms with E-state index in [0.29, 0.717) is 12.5 Å². The van der Waals surface area contributed by atoms with Crippen LogP contribution < -0.4 is 15.4 Å². The molecule has 6 nitrogen and oxygen atoms in total. The van der Waals surface area contributed by atoms with Crippen molar-refractivity contribution in [2.45, 2.75) is 32.9 Å². The van der Waals surface area contributed by atoms with Crippen molar-refractivity contribution < 1.29 is 9.53 Å². The largest absolute Gasteiger partial charge is 0.496 e. The smallest absolute Gasteiger partial charge is 0.241 e. The lowest BCUT2D eigenvalue weighted by atomic mass is 10.2. The minimum absolute atomic E-state index is 0.000873. The summed E-state index contributed by atoms with van der Waals surface area (Å²) in [7, 11) is 5.12. The summed E-state index contributed by atoms with van der Waals surface area (Å²) < 4.78 is 5.34. The van der Waals surface area contributed by atoms with Crippen molar-refractivity contribution in [3.8, 4) is 5.75 Å². The monoisotopic (exact) mass is 320 g/mol. The van der Waals surface area contributed by atoms with Crippen molar-refractivity contribution in [1.29, 1.82) is 0 Å². The Hall–Kier alpha value is -2.24. The molecule has 0 saturated carbocycles. The van der Waals surface area contributed by atoms with Gasteiger partial charge in [0.15, 0.2) is 5.96 Å². The molecule has 23 heavy (non-hydrogen) atoms. The van der Waals surface area contributed by atoms with Gasteiger partial charge < -0.3 is 20.3 Å². The molecule has 1 aromatic carbocycles. The second-order valence-electron chi connectivity index (χ2n) is 5.57. The van der Waals surface area contributed by atoms with Crippen LogP contribution >= 0.6 is 0 Å². The molecule has 1 rings (SSSR count). The highest BCUT2D eigenvalue weighted by Crippen LogP contribution is 2.17. The Kier molecular flexibility index (Phi) is 7.94. The SMILES string of the molecule is CCC(C)NC(=NCc1ccccc1OC)NCC(=O)N(C)C. The molecule has 0 bridgehead atoms. The van der Waals surface area contributed by atoms with E-state index in [1.54, 1.807) is 26.1 Å². The van der Waals surface area contributed by atoms with Crippen LogP contribution in [0.1, 0.15) is 25.8 Å². The summed E-state index contributed by atoms with van der Waals surface area (Å²) in [6, 6.07) is 8.05. The van der Waals surface area contributed by atoms with Crippen molar-refractivity contribution in [3.63, 3.8) is 0 Å². The topological polar surface area (TPSA) is 66.0 Å². The number of carbonyl (C=O) groups excluding carboxylic acids is 1. The maximum Gasteiger partial charge on any atom is 0.241 e. The summed E-state index contributed by atoms with van der Waals surface area (Å²) >= 11 is 0. The van der Waals surface area contributed by atoms with Gasteiger partial charge in [0.1, 0.15) is 5.75 Å². The molecule has 2 N–H and O–H groups in total. The molecule has 0 spiro atoms. The standard InChI is InChI=1S/C17H28N4O2/c1-6-13(2)20-17(19-12-16(22)21(3)4)18-11-14-9-7-8-10-15(14)23-5/h7-10,13H,6,11-12H2,1-5H3,(H2,18,19,20). The molecule has 0 radical (unpaired) electrons. The van der Waals surface area contributed by atoms with E-state index in [0.717, 1.165) is 17.7 Å². The van der Waals surface area contributed by atoms with Gasteiger partial charge in [-0.25, -0.2) is 4.99 Å². The fourth-order valence-corrected chi connectivity index (χ4v) is 1.80. The molecule has 6 heteroatoms. The van der Waals surface area contributed by atoms with E-state index in [-0.39, 0.29) is 18.5 Å². The number of amides is 1. The number of hydrogen-bond donors (Lipinski definition) is 2. The van der Waals surface area contributed by atoms with E-state index < -0.39 is 0 Å². The predicted molar refractivity (Wildman–Crippen MR) is 93.7 cm³/mol. The molecule has 1 unspecified atom stereocenters. The summed E-state index contributed by atoms with van der Waals surface area (Å²) in [4.78, 5) is 17.9. The number of para-hydroxylation sites is 1. The second kappa shape index (κ2) is 9.71. The number of guanidine groups is 1. The summed E-state index contributed by atoms with van der Waals surface area (Å²) in [6.07, 6.45) is 0.969. The molecule has 0 aliphatic heterocycles. The first kappa shape index (κ1) is 18.8. The van der Waals surface area contributed by atoms with E-state index in [9.17, 15) is 4.79 Å². The number of methoxy groups -OCH3 is 1. The van der Waals surface area contributed by atoms with Gasteiger partial charge in [-0.2, -0.15) is 0 Å². The van der Waals surface area contributed by atoms with Gasteiger partial charge in [0, 0.05) is 25.7 Å². The second-order valence-corrected chi connectivity index (χ2v) is 5.57. The Labute approximate surface area is 138 Å². The lowest BCUT2D eigenvalue weighted by Crippen LogP contribution is -2.45. The van der Waals surface area contributed by atoms with Crippen molar-refractivity contribution >= 4 is 11.9 Å². The number of rotatable bonds is 7. The molecular weight excluding hydrogens is 292 g/mol. The lowest BCUT2D eigenvalue weighted by molar-refractivity contribution is -0.127. The molecular formula is C17H28N4O2. The number of ether oxygens (including phenoxy) is 1. The van der Waals surface area contributed by atoms with Gasteiger partial charge in [0.2, 0.25) is 5.91 Å². The van der Waals surface area contributed by atoms with Crippen molar-refractivity contribution in [1.82, 2.24) is 15.5 Å². The average Bonchev–Trinajstić information content (AvgIpc) is 2.56. The molecule has 1 aromatic rings. The minimum atomic E-state index is 0.000873. The van der Waals surface area contributed by atoms with Crippen LogP contribution in [0.5, 0.6) is 5.75 Å². The molecule has 128 valence electrons. The fourth-order valence-electron chi connectivity index (χ4n) is 1.80. The van der Waals surface area contributed by atoms with E-state index in [1.807, 2.05) is 24.3 Å². The molecule has 0 saturated heterocycles. The van der Waals surface area contributed by atoms with Gasteiger partial charge in [-0.15, -0.1) is 0 Å². The van der Waals surface area contributed by atoms with Crippen molar-refractivity contribution in [3.05, 3.63) is 29.8 Å². The highest BCUT2D eigenvalue weighted by Gasteiger charge is 2.08. The maximum atomic E-state index is 11.7. The maximum absolute atomic E-state index is 11.7. The van der Waals surface area contributed by atoms with Gasteiger partial charge >= 0.3 is 0 Å². The molecule has 0 aliphatic carbocycles. The van der Waals surface area contributed by atoms with Crippen LogP contribution in [0.2, 0.25) is 0 Å². The zero-order valence-electron chi connectivity index (χ0n) is 14.7. The Morgan fingerprint density at radius 1 is 1.35 bits per heavy atom. The first-order valence-electron chi connectivity index (χ1n) is 7.84. The van der Waals surface area contributed by atoms with Crippen molar-refractivity contribution in [2.24, 2.45) is 4.99 Å². The zero-order valence-corrected chi connectivity index (χ0v) is 14.7. The van der Waals surface area contributed by atoms with Gasteiger partial charge in [-0.3, -0.25) is 4.79 Å². The summed E-state index contributed by atoms with van der Waals surface area (Å²) in [5.74, 6) is 1.44. The van der Waals surface area contributed by atoms with Crippen LogP contribution in [-0.4, -0.2) is 50.6 Å². The molecule has 0 aromatic heterocycles. The summed E-state index contributed by atoms with van der Waals surface area (Å²) in [5.41, 5.74) is 0.999. The van der Waals surface area contributed by atoms with Crippen LogP contribution in [0.25, 0.3) is 0 Å². The van der Waals surface area contributed by atoms with E-state index in [4.69, 9.17) is 4.74 Å². The Bertz CT molecular complexity index is 529. The zero-order chi connectivity index (χ0) is 17.2. The molecule has 0 heterocycles. The van der Waals surface area contributed by atoms with Gasteiger partial charge in [-0.1, -0.05) is 25.1 Å². The van der Waals surface area contributed by atoms with Crippen LogP contribution in [0.15, 0.2) is 29.3 Å². The first-order chi connectivity index (χ1) is 11.0. The van der Waals surface area contributed by atoms with Crippen LogP contribution in [0.4, 0.5) is 0 Å². The van der Waals surface area contributed by atoms with Gasteiger partial charge in [0.25, 0.3) is 0 Å². The summed E-state index contributed by atoms with van der Waals surface area (Å²) in [6.45, 7) is 4.86. The molecule has 1 atom stereocenters. The third-order valence-electron chi connectivity index (χ3n) is 3.50. The van der Waals surface area contributed by atoms with Crippen LogP contribution in [-0.2, 0) is 11.3 Å². The first-order valence-corrected chi connectivity index (χ1v) is 7.84. The molecule has 0 aliphatic rings. The predicted octanol–water partition coefficient (Wildman–Crippen LogP) is 1.62. The van der Waals surface area contributed by atoms with E-state index in [2.05, 4.69) is 29.5 Å². The molecule has 1 amide bonds. The average molecular weight is 320 g/mol. The minimum Gasteiger partial charge on any atom is -0.496 e. The van der Waals surface area contributed by atoms with E-state index in [1.165, 1.54) is 0 Å². The highest BCUT2D eigenvalue weighted by atomic mass is 16.5. The number of nitrogens with one attached hydrogen (secondary N) is 2. The third-order valence-corrected chi connectivity index (χ3v) is 3.50. The normalized spacial score (nSPS) is 12.5. The number of benzene rings is 1. The Balaban J connectivity index is 2.79. The third kappa shape index (κ3) is 6.59. The molecule has 0 fully saturated rings. The highest BCUT2D eigenvalue weighted by molar-refractivity contribution is 5.86.